The summed E-state index contributed by atoms with van der Waals surface area (Å²) in [4.78, 5) is 4.22. The highest BCUT2D eigenvalue weighted by atomic mass is 35.5. The smallest absolute Gasteiger partial charge is 0.193 e. The molecule has 0 aliphatic rings. The summed E-state index contributed by atoms with van der Waals surface area (Å²) in [6.07, 6.45) is 0. The Kier molecular flexibility index (Phi) is 5.54. The number of ether oxygens (including phenoxy) is 2. The largest absolute Gasteiger partial charge is 0.504 e. The number of nitrogens with two attached hydrogens (primary N) is 1. The second-order valence-electron chi connectivity index (χ2n) is 4.68. The molecule has 2 rings (SSSR count). The Morgan fingerprint density at radius 3 is 2.48 bits per heavy atom. The lowest BCUT2D eigenvalue weighted by Gasteiger charge is -2.09. The highest BCUT2D eigenvalue weighted by Crippen LogP contribution is 2.27. The predicted octanol–water partition coefficient (Wildman–Crippen LogP) is 2.99. The third-order valence-corrected chi connectivity index (χ3v) is 3.39. The number of halogens is 1. The number of guanidine groups is 1. The number of benzene rings is 2. The number of aromatic hydroxyl groups is 1. The van der Waals surface area contributed by atoms with Crippen molar-refractivity contribution in [2.75, 3.05) is 19.5 Å². The summed E-state index contributed by atoms with van der Waals surface area (Å²) >= 11 is 6.05. The van der Waals surface area contributed by atoms with E-state index in [1.54, 1.807) is 43.5 Å². The number of nitrogens with one attached hydrogen (secondary N) is 1. The number of hydrogen-bond acceptors (Lipinski definition) is 4. The zero-order valence-corrected chi connectivity index (χ0v) is 13.6. The first-order chi connectivity index (χ1) is 11.0. The molecule has 0 unspecified atom stereocenters. The zero-order valence-electron chi connectivity index (χ0n) is 12.8. The molecule has 0 atom stereocenters. The number of aliphatic imine (C=N–C) groups is 1. The molecule has 23 heavy (non-hydrogen) atoms. The fourth-order valence-electron chi connectivity index (χ4n) is 1.94. The van der Waals surface area contributed by atoms with Crippen LogP contribution in [0.25, 0.3) is 0 Å². The molecule has 0 aliphatic heterocycles. The standard InChI is InChI=1S/C16H18ClN3O3/c1-22-14-6-4-11(8-12(14)17)20-16(18)19-9-10-3-5-15(23-2)13(21)7-10/h3-8,21H,9H2,1-2H3,(H3,18,19,20). The van der Waals surface area contributed by atoms with Crippen LogP contribution in [0.2, 0.25) is 5.02 Å². The van der Waals surface area contributed by atoms with Crippen LogP contribution in [0.5, 0.6) is 17.2 Å². The van der Waals surface area contributed by atoms with Gasteiger partial charge in [0.25, 0.3) is 0 Å². The van der Waals surface area contributed by atoms with Crippen molar-refractivity contribution in [3.8, 4) is 17.2 Å². The summed E-state index contributed by atoms with van der Waals surface area (Å²) in [5.74, 6) is 1.30. The Morgan fingerprint density at radius 2 is 1.87 bits per heavy atom. The first kappa shape index (κ1) is 16.8. The lowest BCUT2D eigenvalue weighted by atomic mass is 10.2. The van der Waals surface area contributed by atoms with Gasteiger partial charge in [-0.2, -0.15) is 0 Å². The molecule has 0 spiro atoms. The topological polar surface area (TPSA) is 89.1 Å². The van der Waals surface area contributed by atoms with Crippen LogP contribution >= 0.6 is 11.6 Å². The fraction of sp³-hybridized carbons (Fsp3) is 0.188. The Labute approximate surface area is 139 Å². The fourth-order valence-corrected chi connectivity index (χ4v) is 2.20. The lowest BCUT2D eigenvalue weighted by Crippen LogP contribution is -2.22. The van der Waals surface area contributed by atoms with E-state index in [1.165, 1.54) is 7.11 Å². The van der Waals surface area contributed by atoms with Crippen LogP contribution < -0.4 is 20.5 Å². The average molecular weight is 336 g/mol. The van der Waals surface area contributed by atoms with Gasteiger partial charge in [0, 0.05) is 5.69 Å². The van der Waals surface area contributed by atoms with Crippen LogP contribution in [-0.2, 0) is 6.54 Å². The normalized spacial score (nSPS) is 11.2. The minimum absolute atomic E-state index is 0.0636. The third kappa shape index (κ3) is 4.43. The summed E-state index contributed by atoms with van der Waals surface area (Å²) in [5.41, 5.74) is 7.36. The molecular formula is C16H18ClN3O3. The third-order valence-electron chi connectivity index (χ3n) is 3.10. The van der Waals surface area contributed by atoms with Crippen molar-refractivity contribution in [3.05, 3.63) is 47.0 Å². The van der Waals surface area contributed by atoms with Gasteiger partial charge in [0.2, 0.25) is 0 Å². The molecular weight excluding hydrogens is 318 g/mol. The molecule has 0 saturated heterocycles. The van der Waals surface area contributed by atoms with Crippen molar-refractivity contribution in [2.45, 2.75) is 6.54 Å². The number of anilines is 1. The Balaban J connectivity index is 2.02. The molecule has 2 aromatic rings. The molecule has 0 aliphatic carbocycles. The van der Waals surface area contributed by atoms with E-state index in [9.17, 15) is 5.11 Å². The van der Waals surface area contributed by atoms with Gasteiger partial charge >= 0.3 is 0 Å². The van der Waals surface area contributed by atoms with Crippen LogP contribution in [0.1, 0.15) is 5.56 Å². The molecule has 0 radical (unpaired) electrons. The van der Waals surface area contributed by atoms with E-state index in [0.717, 1.165) is 5.56 Å². The SMILES string of the molecule is COc1ccc(CN=C(N)Nc2ccc(OC)c(Cl)c2)cc1O. The van der Waals surface area contributed by atoms with Gasteiger partial charge in [-0.3, -0.25) is 0 Å². The molecule has 122 valence electrons. The average Bonchev–Trinajstić information content (AvgIpc) is 2.53. The van der Waals surface area contributed by atoms with Crippen LogP contribution in [0.15, 0.2) is 41.4 Å². The molecule has 7 heteroatoms. The van der Waals surface area contributed by atoms with Gasteiger partial charge in [-0.1, -0.05) is 17.7 Å². The molecule has 0 fully saturated rings. The van der Waals surface area contributed by atoms with Crippen molar-refractivity contribution < 1.29 is 14.6 Å². The van der Waals surface area contributed by atoms with E-state index in [2.05, 4.69) is 10.3 Å². The molecule has 0 aromatic heterocycles. The van der Waals surface area contributed by atoms with Gasteiger partial charge in [-0.05, 0) is 35.9 Å². The van der Waals surface area contributed by atoms with Crippen molar-refractivity contribution in [1.82, 2.24) is 0 Å². The van der Waals surface area contributed by atoms with E-state index in [1.807, 2.05) is 0 Å². The second kappa shape index (κ2) is 7.60. The van der Waals surface area contributed by atoms with E-state index >= 15 is 0 Å². The van der Waals surface area contributed by atoms with Crippen molar-refractivity contribution in [1.29, 1.82) is 0 Å². The maximum absolute atomic E-state index is 9.72. The zero-order chi connectivity index (χ0) is 16.8. The number of phenols is 1. The van der Waals surface area contributed by atoms with E-state index in [4.69, 9.17) is 26.8 Å². The van der Waals surface area contributed by atoms with Crippen LogP contribution in [0.3, 0.4) is 0 Å². The van der Waals surface area contributed by atoms with Crippen LogP contribution in [0, 0.1) is 0 Å². The second-order valence-corrected chi connectivity index (χ2v) is 5.09. The molecule has 2 aromatic carbocycles. The summed E-state index contributed by atoms with van der Waals surface area (Å²) in [5, 5.41) is 13.1. The Hall–Kier alpha value is -2.60. The van der Waals surface area contributed by atoms with E-state index in [-0.39, 0.29) is 11.7 Å². The van der Waals surface area contributed by atoms with Gasteiger partial charge < -0.3 is 25.6 Å². The van der Waals surface area contributed by atoms with Gasteiger partial charge in [-0.15, -0.1) is 0 Å². The van der Waals surface area contributed by atoms with Gasteiger partial charge in [0.1, 0.15) is 5.75 Å². The summed E-state index contributed by atoms with van der Waals surface area (Å²) in [6, 6.07) is 10.3. The quantitative estimate of drug-likeness (QED) is 0.577. The number of rotatable bonds is 5. The Morgan fingerprint density at radius 1 is 1.17 bits per heavy atom. The Bertz CT molecular complexity index is 720. The monoisotopic (exact) mass is 335 g/mol. The maximum Gasteiger partial charge on any atom is 0.193 e. The summed E-state index contributed by atoms with van der Waals surface area (Å²) in [6.45, 7) is 0.320. The molecule has 0 amide bonds. The minimum atomic E-state index is 0.0636. The van der Waals surface area contributed by atoms with Crippen LogP contribution in [-0.4, -0.2) is 25.3 Å². The minimum Gasteiger partial charge on any atom is -0.504 e. The van der Waals surface area contributed by atoms with Gasteiger partial charge in [-0.25, -0.2) is 4.99 Å². The maximum atomic E-state index is 9.72. The first-order valence-corrected chi connectivity index (χ1v) is 7.17. The van der Waals surface area contributed by atoms with E-state index < -0.39 is 0 Å². The van der Waals surface area contributed by atoms with Gasteiger partial charge in [0.05, 0.1) is 25.8 Å². The van der Waals surface area contributed by atoms with Crippen LogP contribution in [0.4, 0.5) is 5.69 Å². The number of nitrogens with zero attached hydrogens (tertiary/aromatic N) is 1. The molecule has 4 N–H and O–H groups in total. The molecule has 0 heterocycles. The highest BCUT2D eigenvalue weighted by molar-refractivity contribution is 6.32. The van der Waals surface area contributed by atoms with Crippen molar-refractivity contribution in [3.63, 3.8) is 0 Å². The summed E-state index contributed by atoms with van der Waals surface area (Å²) in [7, 11) is 3.04. The predicted molar refractivity (Wildman–Crippen MR) is 91.6 cm³/mol. The number of hydrogen-bond donors (Lipinski definition) is 3. The number of methoxy groups -OCH3 is 2. The van der Waals surface area contributed by atoms with E-state index in [0.29, 0.717) is 28.8 Å². The molecule has 0 saturated carbocycles. The van der Waals surface area contributed by atoms with Crippen molar-refractivity contribution >= 4 is 23.2 Å². The van der Waals surface area contributed by atoms with Crippen molar-refractivity contribution in [2.24, 2.45) is 10.7 Å². The van der Waals surface area contributed by atoms with Gasteiger partial charge in [0.15, 0.2) is 17.5 Å². The molecule has 6 nitrogen and oxygen atoms in total. The summed E-state index contributed by atoms with van der Waals surface area (Å²) < 4.78 is 10.1. The number of phenolic OH excluding ortho intramolecular Hbond substituents is 1. The first-order valence-electron chi connectivity index (χ1n) is 6.80. The molecule has 0 bridgehead atoms. The highest BCUT2D eigenvalue weighted by Gasteiger charge is 2.04. The lowest BCUT2D eigenvalue weighted by molar-refractivity contribution is 0.373.